The van der Waals surface area contributed by atoms with Crippen molar-refractivity contribution in [2.75, 3.05) is 6.54 Å². The first-order valence-electron chi connectivity index (χ1n) is 5.71. The molecule has 0 radical (unpaired) electrons. The number of aliphatic hydroxyl groups is 1. The van der Waals surface area contributed by atoms with E-state index < -0.39 is 18.1 Å². The van der Waals surface area contributed by atoms with Crippen LogP contribution < -0.4 is 5.32 Å². The summed E-state index contributed by atoms with van der Waals surface area (Å²) in [7, 11) is 0. The lowest BCUT2D eigenvalue weighted by Gasteiger charge is -2.17. The van der Waals surface area contributed by atoms with Crippen molar-refractivity contribution in [3.8, 4) is 0 Å². The highest BCUT2D eigenvalue weighted by Gasteiger charge is 2.21. The minimum absolute atomic E-state index is 0.0748. The Hall–Kier alpha value is -1.24. The van der Waals surface area contributed by atoms with Crippen molar-refractivity contribution < 1.29 is 19.8 Å². The Morgan fingerprint density at radius 2 is 2.22 bits per heavy atom. The molecule has 1 aromatic heterocycles. The molecule has 2 unspecified atom stereocenters. The summed E-state index contributed by atoms with van der Waals surface area (Å²) >= 11 is 1.33. The van der Waals surface area contributed by atoms with Gasteiger partial charge in [-0.05, 0) is 24.8 Å². The molecule has 6 heteroatoms. The molecule has 0 bridgehead atoms. The van der Waals surface area contributed by atoms with Gasteiger partial charge >= 0.3 is 5.97 Å². The number of carboxylic acid groups (broad SMARTS) is 1. The molecule has 0 aliphatic rings. The van der Waals surface area contributed by atoms with Crippen LogP contribution in [0.1, 0.15) is 29.4 Å². The predicted octanol–water partition coefficient (Wildman–Crippen LogP) is 1.13. The SMILES string of the molecule is CC(O)CNC(CCC(=O)O)C(=O)c1cccs1. The van der Waals surface area contributed by atoms with Crippen molar-refractivity contribution in [2.24, 2.45) is 0 Å². The van der Waals surface area contributed by atoms with Gasteiger partial charge in [-0.25, -0.2) is 0 Å². The molecule has 0 aliphatic heterocycles. The minimum Gasteiger partial charge on any atom is -0.481 e. The van der Waals surface area contributed by atoms with E-state index in [1.807, 2.05) is 0 Å². The molecule has 100 valence electrons. The van der Waals surface area contributed by atoms with Crippen LogP contribution >= 0.6 is 11.3 Å². The molecule has 0 aliphatic carbocycles. The number of Topliss-reactive ketones (excluding diaryl/α,β-unsaturated/α-hetero) is 1. The lowest BCUT2D eigenvalue weighted by Crippen LogP contribution is -2.40. The van der Waals surface area contributed by atoms with Gasteiger partial charge in [0.1, 0.15) is 0 Å². The lowest BCUT2D eigenvalue weighted by molar-refractivity contribution is -0.137. The number of hydrogen-bond acceptors (Lipinski definition) is 5. The van der Waals surface area contributed by atoms with E-state index in [1.165, 1.54) is 11.3 Å². The predicted molar refractivity (Wildman–Crippen MR) is 69.0 cm³/mol. The summed E-state index contributed by atoms with van der Waals surface area (Å²) in [6, 6.07) is 2.93. The molecule has 0 fully saturated rings. The molecular formula is C12H17NO4S. The van der Waals surface area contributed by atoms with Gasteiger partial charge in [0.15, 0.2) is 5.78 Å². The normalized spacial score (nSPS) is 14.1. The maximum atomic E-state index is 12.1. The number of carbonyl (C=O) groups is 2. The molecule has 0 aromatic carbocycles. The topological polar surface area (TPSA) is 86.6 Å². The third-order valence-corrected chi connectivity index (χ3v) is 3.27. The fourth-order valence-electron chi connectivity index (χ4n) is 1.50. The summed E-state index contributed by atoms with van der Waals surface area (Å²) in [5.74, 6) is -1.05. The van der Waals surface area contributed by atoms with Crippen LogP contribution in [0.4, 0.5) is 0 Å². The average molecular weight is 271 g/mol. The van der Waals surface area contributed by atoms with Gasteiger partial charge in [0.05, 0.1) is 17.0 Å². The van der Waals surface area contributed by atoms with Crippen molar-refractivity contribution in [1.82, 2.24) is 5.32 Å². The van der Waals surface area contributed by atoms with Crippen molar-refractivity contribution in [3.63, 3.8) is 0 Å². The van der Waals surface area contributed by atoms with Crippen molar-refractivity contribution in [3.05, 3.63) is 22.4 Å². The van der Waals surface area contributed by atoms with Crippen LogP contribution in [0.15, 0.2) is 17.5 Å². The number of thiophene rings is 1. The number of nitrogens with one attached hydrogen (secondary N) is 1. The average Bonchev–Trinajstić information content (AvgIpc) is 2.81. The van der Waals surface area contributed by atoms with E-state index in [9.17, 15) is 14.7 Å². The Kier molecular flexibility index (Phi) is 5.97. The molecule has 1 aromatic rings. The van der Waals surface area contributed by atoms with Crippen molar-refractivity contribution in [1.29, 1.82) is 0 Å². The Morgan fingerprint density at radius 3 is 2.72 bits per heavy atom. The third-order valence-electron chi connectivity index (χ3n) is 2.39. The summed E-state index contributed by atoms with van der Waals surface area (Å²) in [5.41, 5.74) is 0. The van der Waals surface area contributed by atoms with E-state index >= 15 is 0 Å². The second kappa shape index (κ2) is 7.25. The Bertz CT molecular complexity index is 389. The van der Waals surface area contributed by atoms with E-state index in [4.69, 9.17) is 5.11 Å². The number of aliphatic carboxylic acids is 1. The highest BCUT2D eigenvalue weighted by Crippen LogP contribution is 2.14. The van der Waals surface area contributed by atoms with E-state index in [0.29, 0.717) is 4.88 Å². The summed E-state index contributed by atoms with van der Waals surface area (Å²) < 4.78 is 0. The van der Waals surface area contributed by atoms with Crippen LogP contribution in [-0.2, 0) is 4.79 Å². The highest BCUT2D eigenvalue weighted by molar-refractivity contribution is 7.12. The zero-order valence-corrected chi connectivity index (χ0v) is 10.9. The van der Waals surface area contributed by atoms with Crippen LogP contribution in [0.25, 0.3) is 0 Å². The molecule has 5 nitrogen and oxygen atoms in total. The largest absolute Gasteiger partial charge is 0.481 e. The Labute approximate surface area is 109 Å². The van der Waals surface area contributed by atoms with Crippen LogP contribution in [0.2, 0.25) is 0 Å². The smallest absolute Gasteiger partial charge is 0.303 e. The number of rotatable bonds is 8. The molecule has 3 N–H and O–H groups in total. The molecule has 1 rings (SSSR count). The second-order valence-electron chi connectivity index (χ2n) is 4.08. The van der Waals surface area contributed by atoms with E-state index in [0.717, 1.165) is 0 Å². The number of ketones is 1. The highest BCUT2D eigenvalue weighted by atomic mass is 32.1. The summed E-state index contributed by atoms with van der Waals surface area (Å²) in [6.07, 6.45) is -0.429. The standard InChI is InChI=1S/C12H17NO4S/c1-8(14)7-13-9(4-5-11(15)16)12(17)10-3-2-6-18-10/h2-3,6,8-9,13-14H,4-5,7H2,1H3,(H,15,16). The lowest BCUT2D eigenvalue weighted by atomic mass is 10.1. The van der Waals surface area contributed by atoms with Crippen LogP contribution in [0, 0.1) is 0 Å². The van der Waals surface area contributed by atoms with Gasteiger partial charge in [0.2, 0.25) is 0 Å². The van der Waals surface area contributed by atoms with Crippen molar-refractivity contribution in [2.45, 2.75) is 31.9 Å². The molecule has 0 saturated heterocycles. The fraction of sp³-hybridized carbons (Fsp3) is 0.500. The molecule has 0 spiro atoms. The molecule has 1 heterocycles. The first-order valence-corrected chi connectivity index (χ1v) is 6.59. The summed E-state index contributed by atoms with van der Waals surface area (Å²) in [6.45, 7) is 1.87. The van der Waals surface area contributed by atoms with E-state index in [1.54, 1.807) is 24.4 Å². The van der Waals surface area contributed by atoms with E-state index in [2.05, 4.69) is 5.32 Å². The monoisotopic (exact) mass is 271 g/mol. The van der Waals surface area contributed by atoms with Gasteiger partial charge in [0, 0.05) is 13.0 Å². The second-order valence-corrected chi connectivity index (χ2v) is 5.03. The maximum Gasteiger partial charge on any atom is 0.303 e. The van der Waals surface area contributed by atoms with Crippen LogP contribution in [0.3, 0.4) is 0 Å². The van der Waals surface area contributed by atoms with Crippen LogP contribution in [0.5, 0.6) is 0 Å². The van der Waals surface area contributed by atoms with Crippen LogP contribution in [-0.4, -0.2) is 40.7 Å². The number of hydrogen-bond donors (Lipinski definition) is 3. The van der Waals surface area contributed by atoms with Crippen molar-refractivity contribution >= 4 is 23.1 Å². The fourth-order valence-corrected chi connectivity index (χ4v) is 2.22. The van der Waals surface area contributed by atoms with Gasteiger partial charge in [-0.3, -0.25) is 9.59 Å². The number of aliphatic hydroxyl groups excluding tert-OH is 1. The van der Waals surface area contributed by atoms with Gasteiger partial charge in [-0.15, -0.1) is 11.3 Å². The van der Waals surface area contributed by atoms with Gasteiger partial charge in [-0.2, -0.15) is 0 Å². The maximum absolute atomic E-state index is 12.1. The van der Waals surface area contributed by atoms with Gasteiger partial charge in [0.25, 0.3) is 0 Å². The first kappa shape index (κ1) is 14.8. The Balaban J connectivity index is 2.63. The zero-order valence-electron chi connectivity index (χ0n) is 10.1. The van der Waals surface area contributed by atoms with Gasteiger partial charge < -0.3 is 15.5 Å². The molecule has 0 saturated carbocycles. The number of carbonyl (C=O) groups excluding carboxylic acids is 1. The number of carboxylic acids is 1. The molecule has 0 amide bonds. The zero-order chi connectivity index (χ0) is 13.5. The summed E-state index contributed by atoms with van der Waals surface area (Å²) in [5, 5.41) is 22.6. The third kappa shape index (κ3) is 4.95. The Morgan fingerprint density at radius 1 is 1.50 bits per heavy atom. The molecule has 18 heavy (non-hydrogen) atoms. The molecular weight excluding hydrogens is 254 g/mol. The summed E-state index contributed by atoms with van der Waals surface area (Å²) in [4.78, 5) is 23.3. The van der Waals surface area contributed by atoms with Gasteiger partial charge in [-0.1, -0.05) is 6.07 Å². The first-order chi connectivity index (χ1) is 8.50. The quantitative estimate of drug-likeness (QED) is 0.617. The molecule has 2 atom stereocenters. The van der Waals surface area contributed by atoms with E-state index in [-0.39, 0.29) is 25.2 Å². The minimum atomic E-state index is -0.933.